The van der Waals surface area contributed by atoms with Gasteiger partial charge in [-0.2, -0.15) is 0 Å². The Balaban J connectivity index is 2.11. The van der Waals surface area contributed by atoms with Gasteiger partial charge in [0.15, 0.2) is 0 Å². The maximum absolute atomic E-state index is 12.4. The zero-order chi connectivity index (χ0) is 18.2. The molecule has 1 amide bonds. The third kappa shape index (κ3) is 5.65. The van der Waals surface area contributed by atoms with Gasteiger partial charge in [-0.05, 0) is 23.8 Å². The van der Waals surface area contributed by atoms with Crippen LogP contribution in [-0.2, 0) is 16.2 Å². The molecule has 0 unspecified atom stereocenters. The highest BCUT2D eigenvalue weighted by Gasteiger charge is 2.21. The summed E-state index contributed by atoms with van der Waals surface area (Å²) in [5, 5.41) is 17.7. The van der Waals surface area contributed by atoms with Gasteiger partial charge in [-0.1, -0.05) is 36.4 Å². The Morgan fingerprint density at radius 2 is 1.52 bits per heavy atom. The number of hydrogen-bond acceptors (Lipinski definition) is 4. The maximum atomic E-state index is 12.4. The van der Waals surface area contributed by atoms with Crippen LogP contribution in [0.3, 0.4) is 0 Å². The van der Waals surface area contributed by atoms with E-state index in [-0.39, 0.29) is 5.56 Å². The van der Waals surface area contributed by atoms with Crippen LogP contribution in [0.15, 0.2) is 54.6 Å². The molecule has 2 aromatic rings. The fraction of sp³-hybridized carbons (Fsp3) is 0.167. The third-order valence-corrected chi connectivity index (χ3v) is 3.27. The molecule has 0 heterocycles. The largest absolute Gasteiger partial charge is 0.489 e. The molecule has 2 rings (SSSR count). The average molecular weight is 343 g/mol. The number of nitrogens with zero attached hydrogens (tertiary/aromatic N) is 1. The zero-order valence-electron chi connectivity index (χ0n) is 13.3. The smallest absolute Gasteiger partial charge is 0.323 e. The molecule has 0 radical (unpaired) electrons. The van der Waals surface area contributed by atoms with E-state index in [9.17, 15) is 14.4 Å². The van der Waals surface area contributed by atoms with Gasteiger partial charge in [-0.25, -0.2) is 0 Å². The van der Waals surface area contributed by atoms with Crippen molar-refractivity contribution in [3.63, 3.8) is 0 Å². The fourth-order valence-corrected chi connectivity index (χ4v) is 2.17. The van der Waals surface area contributed by atoms with E-state index in [2.05, 4.69) is 0 Å². The molecule has 7 heteroatoms. The highest BCUT2D eigenvalue weighted by molar-refractivity contribution is 5.97. The molecule has 130 valence electrons. The molecule has 2 aromatic carbocycles. The van der Waals surface area contributed by atoms with Crippen molar-refractivity contribution >= 4 is 17.8 Å². The van der Waals surface area contributed by atoms with E-state index >= 15 is 0 Å². The predicted octanol–water partition coefficient (Wildman–Crippen LogP) is 1.88. The summed E-state index contributed by atoms with van der Waals surface area (Å²) in [4.78, 5) is 34.8. The minimum atomic E-state index is -1.29. The van der Waals surface area contributed by atoms with E-state index in [1.807, 2.05) is 30.3 Å². The van der Waals surface area contributed by atoms with Crippen molar-refractivity contribution in [2.24, 2.45) is 0 Å². The Labute approximate surface area is 144 Å². The van der Waals surface area contributed by atoms with Crippen LogP contribution in [0.2, 0.25) is 0 Å². The molecular formula is C18H17NO6. The molecule has 0 spiro atoms. The quantitative estimate of drug-likeness (QED) is 0.758. The van der Waals surface area contributed by atoms with Crippen molar-refractivity contribution in [2.75, 3.05) is 13.1 Å². The van der Waals surface area contributed by atoms with Crippen molar-refractivity contribution in [2.45, 2.75) is 6.61 Å². The molecule has 25 heavy (non-hydrogen) atoms. The highest BCUT2D eigenvalue weighted by atomic mass is 16.5. The van der Waals surface area contributed by atoms with Crippen molar-refractivity contribution < 1.29 is 29.3 Å². The van der Waals surface area contributed by atoms with Crippen LogP contribution in [0.1, 0.15) is 15.9 Å². The standard InChI is InChI=1S/C18H17NO6/c20-16(21)10-19(11-17(22)23)18(24)14-7-4-8-15(9-14)25-12-13-5-2-1-3-6-13/h1-9H,10-12H2,(H,20,21)(H,22,23). The lowest BCUT2D eigenvalue weighted by molar-refractivity contribution is -0.140. The number of amides is 1. The molecule has 7 nitrogen and oxygen atoms in total. The first-order valence-electron chi connectivity index (χ1n) is 7.45. The number of aliphatic carboxylic acids is 2. The van der Waals surface area contributed by atoms with Crippen molar-refractivity contribution in [3.05, 3.63) is 65.7 Å². The summed E-state index contributed by atoms with van der Waals surface area (Å²) in [7, 11) is 0. The summed E-state index contributed by atoms with van der Waals surface area (Å²) >= 11 is 0. The van der Waals surface area contributed by atoms with E-state index in [0.29, 0.717) is 12.4 Å². The number of hydrogen-bond donors (Lipinski definition) is 2. The molecule has 0 bridgehead atoms. The fourth-order valence-electron chi connectivity index (χ4n) is 2.17. The van der Waals surface area contributed by atoms with Gasteiger partial charge < -0.3 is 19.8 Å². The van der Waals surface area contributed by atoms with E-state index in [1.54, 1.807) is 12.1 Å². The first-order valence-corrected chi connectivity index (χ1v) is 7.45. The van der Waals surface area contributed by atoms with Crippen molar-refractivity contribution in [1.82, 2.24) is 4.90 Å². The number of carbonyl (C=O) groups excluding carboxylic acids is 1. The van der Waals surface area contributed by atoms with Gasteiger partial charge in [0.2, 0.25) is 0 Å². The summed E-state index contributed by atoms with van der Waals surface area (Å²) in [5.41, 5.74) is 1.12. The number of carboxylic acid groups (broad SMARTS) is 2. The maximum Gasteiger partial charge on any atom is 0.323 e. The second-order valence-corrected chi connectivity index (χ2v) is 5.25. The average Bonchev–Trinajstić information content (AvgIpc) is 2.59. The molecule has 0 atom stereocenters. The Bertz CT molecular complexity index is 743. The van der Waals surface area contributed by atoms with Crippen LogP contribution in [0.5, 0.6) is 5.75 Å². The predicted molar refractivity (Wildman–Crippen MR) is 88.4 cm³/mol. The second-order valence-electron chi connectivity index (χ2n) is 5.25. The van der Waals surface area contributed by atoms with Gasteiger partial charge in [0.25, 0.3) is 5.91 Å². The van der Waals surface area contributed by atoms with Gasteiger partial charge in [0.1, 0.15) is 25.4 Å². The lowest BCUT2D eigenvalue weighted by Gasteiger charge is -2.18. The molecule has 0 aliphatic heterocycles. The molecule has 0 aliphatic rings. The van der Waals surface area contributed by atoms with Crippen molar-refractivity contribution in [3.8, 4) is 5.75 Å². The summed E-state index contributed by atoms with van der Waals surface area (Å²) in [5.74, 6) is -2.83. The minimum absolute atomic E-state index is 0.160. The van der Waals surface area contributed by atoms with E-state index in [4.69, 9.17) is 14.9 Å². The Hall–Kier alpha value is -3.35. The van der Waals surface area contributed by atoms with Gasteiger partial charge >= 0.3 is 11.9 Å². The van der Waals surface area contributed by atoms with Crippen LogP contribution >= 0.6 is 0 Å². The first kappa shape index (κ1) is 18.0. The Morgan fingerprint density at radius 3 is 2.12 bits per heavy atom. The molecule has 2 N–H and O–H groups in total. The Kier molecular flexibility index (Phi) is 6.11. The van der Waals surface area contributed by atoms with Crippen molar-refractivity contribution in [1.29, 1.82) is 0 Å². The van der Waals surface area contributed by atoms with Crippen LogP contribution in [-0.4, -0.2) is 46.0 Å². The zero-order valence-corrected chi connectivity index (χ0v) is 13.3. The molecule has 0 aliphatic carbocycles. The van der Waals surface area contributed by atoms with Crippen LogP contribution in [0.4, 0.5) is 0 Å². The molecule has 0 fully saturated rings. The van der Waals surface area contributed by atoms with Crippen LogP contribution in [0.25, 0.3) is 0 Å². The third-order valence-electron chi connectivity index (χ3n) is 3.27. The molecule has 0 aromatic heterocycles. The molecular weight excluding hydrogens is 326 g/mol. The summed E-state index contributed by atoms with van der Waals surface area (Å²) in [6.07, 6.45) is 0. The second kappa shape index (κ2) is 8.49. The molecule has 0 saturated carbocycles. The van der Waals surface area contributed by atoms with Gasteiger partial charge in [-0.3, -0.25) is 14.4 Å². The van der Waals surface area contributed by atoms with E-state index in [1.165, 1.54) is 12.1 Å². The number of benzene rings is 2. The minimum Gasteiger partial charge on any atom is -0.489 e. The topological polar surface area (TPSA) is 104 Å². The van der Waals surface area contributed by atoms with Crippen LogP contribution < -0.4 is 4.74 Å². The SMILES string of the molecule is O=C(O)CN(CC(=O)O)C(=O)c1cccc(OCc2ccccc2)c1. The number of carboxylic acids is 2. The van der Waals surface area contributed by atoms with Gasteiger partial charge in [0.05, 0.1) is 0 Å². The first-order chi connectivity index (χ1) is 12.0. The number of rotatable bonds is 8. The lowest BCUT2D eigenvalue weighted by Crippen LogP contribution is -2.39. The van der Waals surface area contributed by atoms with E-state index < -0.39 is 30.9 Å². The van der Waals surface area contributed by atoms with Gasteiger partial charge in [0, 0.05) is 5.56 Å². The summed E-state index contributed by atoms with van der Waals surface area (Å²) < 4.78 is 5.62. The Morgan fingerprint density at radius 1 is 0.880 bits per heavy atom. The molecule has 0 saturated heterocycles. The monoisotopic (exact) mass is 343 g/mol. The number of carbonyl (C=O) groups is 3. The summed E-state index contributed by atoms with van der Waals surface area (Å²) in [6.45, 7) is -1.08. The van der Waals surface area contributed by atoms with Gasteiger partial charge in [-0.15, -0.1) is 0 Å². The number of ether oxygens (including phenoxy) is 1. The highest BCUT2D eigenvalue weighted by Crippen LogP contribution is 2.17. The van der Waals surface area contributed by atoms with Crippen LogP contribution in [0, 0.1) is 0 Å². The lowest BCUT2D eigenvalue weighted by atomic mass is 10.2. The normalized spacial score (nSPS) is 10.1. The van der Waals surface area contributed by atoms with E-state index in [0.717, 1.165) is 10.5 Å². The summed E-state index contributed by atoms with van der Waals surface area (Å²) in [6, 6.07) is 15.7.